The van der Waals surface area contributed by atoms with Crippen LogP contribution in [-0.4, -0.2) is 17.0 Å². The van der Waals surface area contributed by atoms with Crippen LogP contribution in [0.3, 0.4) is 0 Å². The van der Waals surface area contributed by atoms with Crippen LogP contribution in [0.2, 0.25) is 0 Å². The van der Waals surface area contributed by atoms with E-state index >= 15 is 0 Å². The summed E-state index contributed by atoms with van der Waals surface area (Å²) >= 11 is 3.43. The van der Waals surface area contributed by atoms with Crippen molar-refractivity contribution in [3.8, 4) is 0 Å². The normalized spacial score (nSPS) is 20.7. The lowest BCUT2D eigenvalue weighted by atomic mass is 9.95. The molecule has 0 heterocycles. The van der Waals surface area contributed by atoms with Crippen molar-refractivity contribution < 1.29 is 4.74 Å². The second-order valence-electron chi connectivity index (χ2n) is 3.56. The molecule has 0 bridgehead atoms. The highest BCUT2D eigenvalue weighted by Gasteiger charge is 2.26. The zero-order chi connectivity index (χ0) is 7.61. The van der Waals surface area contributed by atoms with Gasteiger partial charge in [0.05, 0.1) is 11.7 Å². The summed E-state index contributed by atoms with van der Waals surface area (Å²) in [4.78, 5) is 0. The topological polar surface area (TPSA) is 9.23 Å². The largest absolute Gasteiger partial charge is 0.371 e. The highest BCUT2D eigenvalue weighted by molar-refractivity contribution is 9.09. The lowest BCUT2D eigenvalue weighted by molar-refractivity contribution is -0.0883. The predicted octanol–water partition coefficient (Wildman–Crippen LogP) is 2.73. The van der Waals surface area contributed by atoms with E-state index in [2.05, 4.69) is 29.8 Å². The first kappa shape index (κ1) is 8.54. The van der Waals surface area contributed by atoms with Gasteiger partial charge in [0, 0.05) is 5.33 Å². The number of hydrogen-bond donors (Lipinski definition) is 0. The minimum atomic E-state index is 0.0328. The summed E-state index contributed by atoms with van der Waals surface area (Å²) in [6.07, 6.45) is 4.42. The lowest BCUT2D eigenvalue weighted by Crippen LogP contribution is -2.35. The third-order valence-electron chi connectivity index (χ3n) is 1.86. The molecule has 1 saturated carbocycles. The second kappa shape index (κ2) is 3.22. The minimum Gasteiger partial charge on any atom is -0.371 e. The fourth-order valence-electron chi connectivity index (χ4n) is 0.971. The Hall–Kier alpha value is 0.440. The maximum absolute atomic E-state index is 5.78. The molecule has 0 aromatic rings. The molecular weight excluding hydrogens is 192 g/mol. The van der Waals surface area contributed by atoms with E-state index in [0.29, 0.717) is 6.10 Å². The van der Waals surface area contributed by atoms with Crippen LogP contribution in [-0.2, 0) is 4.74 Å². The van der Waals surface area contributed by atoms with Crippen molar-refractivity contribution in [2.24, 2.45) is 0 Å². The van der Waals surface area contributed by atoms with Crippen molar-refractivity contribution in [3.63, 3.8) is 0 Å². The zero-order valence-corrected chi connectivity index (χ0v) is 8.28. The van der Waals surface area contributed by atoms with E-state index in [1.165, 1.54) is 19.3 Å². The summed E-state index contributed by atoms with van der Waals surface area (Å²) in [7, 11) is 0. The fourth-order valence-corrected chi connectivity index (χ4v) is 1.10. The second-order valence-corrected chi connectivity index (χ2v) is 4.12. The van der Waals surface area contributed by atoms with Gasteiger partial charge in [-0.1, -0.05) is 15.9 Å². The average molecular weight is 207 g/mol. The van der Waals surface area contributed by atoms with Gasteiger partial charge in [-0.3, -0.25) is 0 Å². The third kappa shape index (κ3) is 2.24. The molecule has 1 nitrogen and oxygen atoms in total. The van der Waals surface area contributed by atoms with Crippen LogP contribution in [0, 0.1) is 0 Å². The summed E-state index contributed by atoms with van der Waals surface area (Å²) in [5.41, 5.74) is 0.0328. The van der Waals surface area contributed by atoms with Gasteiger partial charge in [0.25, 0.3) is 0 Å². The number of rotatable bonds is 3. The van der Waals surface area contributed by atoms with Crippen LogP contribution < -0.4 is 0 Å². The first-order chi connectivity index (χ1) is 4.64. The molecular formula is C8H15BrO. The number of halogens is 1. The SMILES string of the molecule is CC(C)(CBr)OC1CCC1. The standard InChI is InChI=1S/C8H15BrO/c1-8(2,6-9)10-7-4-3-5-7/h7H,3-6H2,1-2H3. The van der Waals surface area contributed by atoms with Gasteiger partial charge in [-0.05, 0) is 33.1 Å². The molecule has 0 aromatic carbocycles. The molecule has 0 aliphatic heterocycles. The number of hydrogen-bond acceptors (Lipinski definition) is 1. The highest BCUT2D eigenvalue weighted by Crippen LogP contribution is 2.27. The van der Waals surface area contributed by atoms with Gasteiger partial charge >= 0.3 is 0 Å². The molecule has 0 aromatic heterocycles. The van der Waals surface area contributed by atoms with Gasteiger partial charge in [-0.15, -0.1) is 0 Å². The smallest absolute Gasteiger partial charge is 0.0726 e. The fraction of sp³-hybridized carbons (Fsp3) is 1.00. The Morgan fingerprint density at radius 1 is 1.50 bits per heavy atom. The predicted molar refractivity (Wildman–Crippen MR) is 46.6 cm³/mol. The van der Waals surface area contributed by atoms with Crippen molar-refractivity contribution in [1.82, 2.24) is 0 Å². The molecule has 10 heavy (non-hydrogen) atoms. The van der Waals surface area contributed by atoms with Crippen LogP contribution in [0.1, 0.15) is 33.1 Å². The maximum atomic E-state index is 5.78. The molecule has 1 aliphatic rings. The summed E-state index contributed by atoms with van der Waals surface area (Å²) in [5, 5.41) is 0.927. The van der Waals surface area contributed by atoms with Gasteiger partial charge in [0.15, 0.2) is 0 Å². The van der Waals surface area contributed by atoms with E-state index in [9.17, 15) is 0 Å². The van der Waals surface area contributed by atoms with Crippen LogP contribution in [0.25, 0.3) is 0 Å². The number of ether oxygens (including phenoxy) is 1. The molecule has 0 spiro atoms. The van der Waals surface area contributed by atoms with E-state index < -0.39 is 0 Å². The molecule has 0 amide bonds. The van der Waals surface area contributed by atoms with Crippen molar-refractivity contribution in [2.45, 2.75) is 44.8 Å². The minimum absolute atomic E-state index is 0.0328. The molecule has 60 valence electrons. The monoisotopic (exact) mass is 206 g/mol. The van der Waals surface area contributed by atoms with Gasteiger partial charge in [0.2, 0.25) is 0 Å². The van der Waals surface area contributed by atoms with E-state index in [4.69, 9.17) is 4.74 Å². The van der Waals surface area contributed by atoms with E-state index in [1.807, 2.05) is 0 Å². The Kier molecular flexibility index (Phi) is 2.75. The molecule has 0 atom stereocenters. The Morgan fingerprint density at radius 2 is 2.10 bits per heavy atom. The highest BCUT2D eigenvalue weighted by atomic mass is 79.9. The lowest BCUT2D eigenvalue weighted by Gasteiger charge is -2.34. The Bertz CT molecular complexity index is 108. The van der Waals surface area contributed by atoms with Crippen molar-refractivity contribution in [1.29, 1.82) is 0 Å². The van der Waals surface area contributed by atoms with Crippen molar-refractivity contribution in [3.05, 3.63) is 0 Å². The first-order valence-electron chi connectivity index (χ1n) is 3.88. The van der Waals surface area contributed by atoms with Crippen LogP contribution in [0.4, 0.5) is 0 Å². The quantitative estimate of drug-likeness (QED) is 0.646. The molecule has 0 radical (unpaired) electrons. The zero-order valence-electron chi connectivity index (χ0n) is 6.69. The molecule has 1 fully saturated rings. The van der Waals surface area contributed by atoms with Gasteiger partial charge < -0.3 is 4.74 Å². The summed E-state index contributed by atoms with van der Waals surface area (Å²) < 4.78 is 5.78. The summed E-state index contributed by atoms with van der Waals surface area (Å²) in [5.74, 6) is 0. The maximum Gasteiger partial charge on any atom is 0.0726 e. The van der Waals surface area contributed by atoms with E-state index in [-0.39, 0.29) is 5.60 Å². The van der Waals surface area contributed by atoms with Crippen LogP contribution >= 0.6 is 15.9 Å². The van der Waals surface area contributed by atoms with Crippen LogP contribution in [0.15, 0.2) is 0 Å². The van der Waals surface area contributed by atoms with E-state index in [1.54, 1.807) is 0 Å². The first-order valence-corrected chi connectivity index (χ1v) is 5.00. The van der Waals surface area contributed by atoms with Gasteiger partial charge in [0.1, 0.15) is 0 Å². The average Bonchev–Trinajstić information content (AvgIpc) is 1.80. The molecule has 0 N–H and O–H groups in total. The van der Waals surface area contributed by atoms with E-state index in [0.717, 1.165) is 5.33 Å². The van der Waals surface area contributed by atoms with Gasteiger partial charge in [-0.2, -0.15) is 0 Å². The summed E-state index contributed by atoms with van der Waals surface area (Å²) in [6, 6.07) is 0. The van der Waals surface area contributed by atoms with Crippen molar-refractivity contribution in [2.75, 3.05) is 5.33 Å². The Labute approximate surface area is 71.3 Å². The molecule has 1 aliphatic carbocycles. The molecule has 0 saturated heterocycles. The molecule has 0 unspecified atom stereocenters. The summed E-state index contributed by atoms with van der Waals surface area (Å²) in [6.45, 7) is 4.25. The third-order valence-corrected chi connectivity index (χ3v) is 3.21. The van der Waals surface area contributed by atoms with Crippen molar-refractivity contribution >= 4 is 15.9 Å². The van der Waals surface area contributed by atoms with Crippen LogP contribution in [0.5, 0.6) is 0 Å². The molecule has 1 rings (SSSR count). The Balaban J connectivity index is 2.21. The van der Waals surface area contributed by atoms with Gasteiger partial charge in [-0.25, -0.2) is 0 Å². The number of alkyl halides is 1. The Morgan fingerprint density at radius 3 is 2.40 bits per heavy atom. The molecule has 2 heteroatoms.